The SMILES string of the molecule is Nc1cc(-c2cc3ccccc3o2)nn1CC(=O)N1CC[C@@]2(C1)OC(=O)Nc1ccc(Cl)c(F)c12. The minimum absolute atomic E-state index is 0.0128. The molecule has 0 unspecified atom stereocenters. The molecule has 2 aromatic heterocycles. The van der Waals surface area contributed by atoms with Crippen LogP contribution >= 0.6 is 11.6 Å². The van der Waals surface area contributed by atoms with E-state index < -0.39 is 17.5 Å². The lowest BCUT2D eigenvalue weighted by Gasteiger charge is -2.35. The average molecular weight is 496 g/mol. The molecule has 178 valence electrons. The second-order valence-corrected chi connectivity index (χ2v) is 9.03. The summed E-state index contributed by atoms with van der Waals surface area (Å²) in [5.41, 5.74) is 6.45. The zero-order valence-corrected chi connectivity index (χ0v) is 19.0. The second kappa shape index (κ2) is 7.74. The van der Waals surface area contributed by atoms with Crippen LogP contribution in [0.15, 0.2) is 52.9 Å². The van der Waals surface area contributed by atoms with E-state index in [2.05, 4.69) is 10.4 Å². The van der Waals surface area contributed by atoms with Gasteiger partial charge in [-0.15, -0.1) is 0 Å². The van der Waals surface area contributed by atoms with Gasteiger partial charge < -0.3 is 19.8 Å². The Kier molecular flexibility index (Phi) is 4.75. The van der Waals surface area contributed by atoms with Gasteiger partial charge >= 0.3 is 6.09 Å². The van der Waals surface area contributed by atoms with Crippen molar-refractivity contribution < 1.29 is 23.1 Å². The molecule has 0 radical (unpaired) electrons. The van der Waals surface area contributed by atoms with E-state index in [9.17, 15) is 14.0 Å². The first-order chi connectivity index (χ1) is 16.8. The first-order valence-electron chi connectivity index (χ1n) is 10.9. The van der Waals surface area contributed by atoms with Gasteiger partial charge in [0.25, 0.3) is 0 Å². The Morgan fingerprint density at radius 3 is 2.91 bits per heavy atom. The predicted octanol–water partition coefficient (Wildman–Crippen LogP) is 4.36. The van der Waals surface area contributed by atoms with Crippen LogP contribution in [0.5, 0.6) is 0 Å². The van der Waals surface area contributed by atoms with Gasteiger partial charge in [-0.2, -0.15) is 5.10 Å². The molecule has 4 heterocycles. The fourth-order valence-corrected chi connectivity index (χ4v) is 4.92. The number of nitrogens with zero attached hydrogens (tertiary/aromatic N) is 3. The molecule has 6 rings (SSSR count). The van der Waals surface area contributed by atoms with Crippen LogP contribution < -0.4 is 11.1 Å². The number of carbonyl (C=O) groups is 2. The van der Waals surface area contributed by atoms with E-state index in [-0.39, 0.29) is 48.2 Å². The van der Waals surface area contributed by atoms with Gasteiger partial charge in [0.1, 0.15) is 23.6 Å². The third kappa shape index (κ3) is 3.48. The smallest absolute Gasteiger partial charge is 0.412 e. The number of aromatic nitrogens is 2. The van der Waals surface area contributed by atoms with Crippen molar-refractivity contribution in [3.05, 3.63) is 64.9 Å². The van der Waals surface area contributed by atoms with Crippen molar-refractivity contribution in [1.82, 2.24) is 14.7 Å². The van der Waals surface area contributed by atoms with Crippen molar-refractivity contribution in [3.63, 3.8) is 0 Å². The summed E-state index contributed by atoms with van der Waals surface area (Å²) in [5, 5.41) is 7.78. The third-order valence-corrected chi connectivity index (χ3v) is 6.73. The number of amides is 2. The topological polar surface area (TPSA) is 116 Å². The molecule has 1 spiro atoms. The number of nitrogen functional groups attached to an aromatic ring is 1. The zero-order valence-electron chi connectivity index (χ0n) is 18.3. The number of halogens is 2. The molecular weight excluding hydrogens is 477 g/mol. The van der Waals surface area contributed by atoms with Gasteiger partial charge in [0.2, 0.25) is 5.91 Å². The molecule has 2 amide bonds. The summed E-state index contributed by atoms with van der Waals surface area (Å²) in [4.78, 5) is 26.8. The van der Waals surface area contributed by atoms with Crippen LogP contribution in [0.25, 0.3) is 22.4 Å². The van der Waals surface area contributed by atoms with Gasteiger partial charge in [-0.3, -0.25) is 10.1 Å². The van der Waals surface area contributed by atoms with Crippen molar-refractivity contribution in [2.24, 2.45) is 0 Å². The highest BCUT2D eigenvalue weighted by atomic mass is 35.5. The molecule has 1 atom stereocenters. The van der Waals surface area contributed by atoms with Gasteiger partial charge in [-0.05, 0) is 24.3 Å². The van der Waals surface area contributed by atoms with Crippen molar-refractivity contribution in [2.45, 2.75) is 18.6 Å². The minimum atomic E-state index is -1.32. The summed E-state index contributed by atoms with van der Waals surface area (Å²) in [6, 6.07) is 14.0. The van der Waals surface area contributed by atoms with Crippen LogP contribution in [0, 0.1) is 5.82 Å². The van der Waals surface area contributed by atoms with E-state index in [1.165, 1.54) is 21.7 Å². The Balaban J connectivity index is 1.24. The van der Waals surface area contributed by atoms with E-state index in [4.69, 9.17) is 26.5 Å². The number of furan rings is 1. The van der Waals surface area contributed by atoms with Crippen LogP contribution in [-0.2, 0) is 21.7 Å². The monoisotopic (exact) mass is 495 g/mol. The molecule has 1 fully saturated rings. The highest BCUT2D eigenvalue weighted by Crippen LogP contribution is 2.45. The molecule has 2 aromatic carbocycles. The van der Waals surface area contributed by atoms with E-state index in [1.807, 2.05) is 30.3 Å². The zero-order chi connectivity index (χ0) is 24.3. The van der Waals surface area contributed by atoms with Crippen LogP contribution in [0.4, 0.5) is 20.7 Å². The van der Waals surface area contributed by atoms with E-state index in [1.54, 1.807) is 6.07 Å². The van der Waals surface area contributed by atoms with Gasteiger partial charge in [-0.25, -0.2) is 13.9 Å². The maximum Gasteiger partial charge on any atom is 0.412 e. The average Bonchev–Trinajstić information content (AvgIpc) is 3.53. The molecule has 0 bridgehead atoms. The Morgan fingerprint density at radius 2 is 2.09 bits per heavy atom. The number of anilines is 2. The Morgan fingerprint density at radius 1 is 1.26 bits per heavy atom. The maximum atomic E-state index is 15.0. The molecule has 4 aromatic rings. The van der Waals surface area contributed by atoms with Gasteiger partial charge in [-0.1, -0.05) is 29.8 Å². The number of benzene rings is 2. The molecule has 35 heavy (non-hydrogen) atoms. The number of likely N-dealkylation sites (tertiary alicyclic amines) is 1. The quantitative estimate of drug-likeness (QED) is 0.436. The van der Waals surface area contributed by atoms with Crippen LogP contribution in [0.3, 0.4) is 0 Å². The van der Waals surface area contributed by atoms with Gasteiger partial charge in [0.15, 0.2) is 17.2 Å². The molecule has 2 aliphatic rings. The molecule has 0 saturated carbocycles. The first-order valence-corrected chi connectivity index (χ1v) is 11.3. The predicted molar refractivity (Wildman–Crippen MR) is 126 cm³/mol. The highest BCUT2D eigenvalue weighted by Gasteiger charge is 2.50. The lowest BCUT2D eigenvalue weighted by atomic mass is 9.89. The summed E-state index contributed by atoms with van der Waals surface area (Å²) in [6.45, 7) is 0.107. The Labute approximate surface area is 203 Å². The van der Waals surface area contributed by atoms with Crippen LogP contribution in [0.2, 0.25) is 5.02 Å². The lowest BCUT2D eigenvalue weighted by Crippen LogP contribution is -2.44. The fourth-order valence-electron chi connectivity index (χ4n) is 4.76. The number of ether oxygens (including phenoxy) is 1. The van der Waals surface area contributed by atoms with Gasteiger partial charge in [0, 0.05) is 24.4 Å². The van der Waals surface area contributed by atoms with Gasteiger partial charge in [0.05, 0.1) is 22.8 Å². The summed E-state index contributed by atoms with van der Waals surface area (Å²) in [5.74, 6) is -0.148. The molecule has 9 nitrogen and oxygen atoms in total. The third-order valence-electron chi connectivity index (χ3n) is 6.43. The number of hydrogen-bond donors (Lipinski definition) is 2. The normalized spacial score (nSPS) is 19.1. The number of carbonyl (C=O) groups excluding carboxylic acids is 2. The summed E-state index contributed by atoms with van der Waals surface area (Å²) < 4.78 is 27.7. The van der Waals surface area contributed by atoms with Crippen LogP contribution in [0.1, 0.15) is 12.0 Å². The highest BCUT2D eigenvalue weighted by molar-refractivity contribution is 6.31. The number of nitrogens with one attached hydrogen (secondary N) is 1. The summed E-state index contributed by atoms with van der Waals surface area (Å²) in [7, 11) is 0. The Hall–Kier alpha value is -4.05. The number of nitrogens with two attached hydrogens (primary N) is 1. The summed E-state index contributed by atoms with van der Waals surface area (Å²) >= 11 is 5.99. The molecule has 11 heteroatoms. The standard InChI is InChI=1S/C24H19ClFN5O4/c25-14-5-6-15-21(22(14)26)24(35-23(33)28-15)7-8-30(12-24)20(32)11-31-19(27)10-16(29-31)18-9-13-3-1-2-4-17(13)34-18/h1-6,9-10H,7-8,11-12,27H2,(H,28,33)/t24-/m0/s1. The minimum Gasteiger partial charge on any atom is -0.454 e. The van der Waals surface area contributed by atoms with Crippen LogP contribution in [-0.4, -0.2) is 39.8 Å². The fraction of sp³-hybridized carbons (Fsp3) is 0.208. The lowest BCUT2D eigenvalue weighted by molar-refractivity contribution is -0.132. The van der Waals surface area contributed by atoms with E-state index in [0.717, 1.165) is 11.0 Å². The molecule has 2 aliphatic heterocycles. The molecule has 3 N–H and O–H groups in total. The molecule has 1 saturated heterocycles. The molecular formula is C24H19ClFN5O4. The van der Waals surface area contributed by atoms with Crippen molar-refractivity contribution in [3.8, 4) is 11.5 Å². The second-order valence-electron chi connectivity index (χ2n) is 8.62. The number of para-hydroxylation sites is 1. The number of rotatable bonds is 3. The van der Waals surface area contributed by atoms with Crippen molar-refractivity contribution >= 4 is 46.1 Å². The molecule has 0 aliphatic carbocycles. The van der Waals surface area contributed by atoms with Crippen molar-refractivity contribution in [2.75, 3.05) is 24.1 Å². The van der Waals surface area contributed by atoms with E-state index >= 15 is 0 Å². The van der Waals surface area contributed by atoms with Crippen molar-refractivity contribution in [1.29, 1.82) is 0 Å². The number of hydrogen-bond acceptors (Lipinski definition) is 6. The first kappa shape index (κ1) is 21.5. The van der Waals surface area contributed by atoms with E-state index in [0.29, 0.717) is 17.3 Å². The Bertz CT molecular complexity index is 1480. The maximum absolute atomic E-state index is 15.0. The largest absolute Gasteiger partial charge is 0.454 e. The summed E-state index contributed by atoms with van der Waals surface area (Å²) in [6.07, 6.45) is -0.477. The number of fused-ring (bicyclic) bond motifs is 3.